The molecular weight excluding hydrogens is 350 g/mol. The Bertz CT molecular complexity index is 717. The van der Waals surface area contributed by atoms with Crippen LogP contribution < -0.4 is 25.0 Å². The number of benzene rings is 1. The molecule has 1 aromatic heterocycles. The maximum absolute atomic E-state index is 5.90. The van der Waals surface area contributed by atoms with E-state index in [4.69, 9.17) is 9.47 Å². The molecule has 2 aromatic rings. The SMILES string of the molecule is CN=C(NCc1csc(N(C)C)n1)NCC(C)Oc1cccc(OC)c1. The summed E-state index contributed by atoms with van der Waals surface area (Å²) in [4.78, 5) is 10.8. The van der Waals surface area contributed by atoms with Gasteiger partial charge in [-0.1, -0.05) is 6.07 Å². The van der Waals surface area contributed by atoms with Crippen molar-refractivity contribution in [3.63, 3.8) is 0 Å². The second-order valence-corrected chi connectivity index (χ2v) is 6.77. The molecule has 0 spiro atoms. The minimum Gasteiger partial charge on any atom is -0.497 e. The summed E-state index contributed by atoms with van der Waals surface area (Å²) in [5.41, 5.74) is 0.988. The predicted molar refractivity (Wildman–Crippen MR) is 108 cm³/mol. The number of hydrogen-bond acceptors (Lipinski definition) is 6. The van der Waals surface area contributed by atoms with E-state index in [0.717, 1.165) is 22.3 Å². The van der Waals surface area contributed by atoms with Crippen LogP contribution in [0.15, 0.2) is 34.6 Å². The van der Waals surface area contributed by atoms with Gasteiger partial charge in [-0.05, 0) is 19.1 Å². The van der Waals surface area contributed by atoms with Crippen LogP contribution in [0.25, 0.3) is 0 Å². The molecule has 2 rings (SSSR count). The van der Waals surface area contributed by atoms with Crippen molar-refractivity contribution in [1.82, 2.24) is 15.6 Å². The van der Waals surface area contributed by atoms with Crippen LogP contribution in [0.2, 0.25) is 0 Å². The number of anilines is 1. The average Bonchev–Trinajstić information content (AvgIpc) is 3.11. The molecule has 0 bridgehead atoms. The lowest BCUT2D eigenvalue weighted by atomic mass is 10.3. The van der Waals surface area contributed by atoms with Crippen LogP contribution in [0, 0.1) is 0 Å². The van der Waals surface area contributed by atoms with E-state index < -0.39 is 0 Å². The Balaban J connectivity index is 1.78. The molecule has 0 aliphatic carbocycles. The monoisotopic (exact) mass is 377 g/mol. The molecule has 1 unspecified atom stereocenters. The standard InChI is InChI=1S/C18H27N5O2S/c1-13(25-16-8-6-7-15(9-16)24-5)10-20-17(19-2)21-11-14-12-26-18(22-14)23(3)4/h6-9,12-13H,10-11H2,1-5H3,(H2,19,20,21). The Labute approximate surface area is 159 Å². The fourth-order valence-electron chi connectivity index (χ4n) is 2.17. The number of nitrogens with one attached hydrogen (secondary N) is 2. The van der Waals surface area contributed by atoms with E-state index in [1.165, 1.54) is 0 Å². The summed E-state index contributed by atoms with van der Waals surface area (Å²) >= 11 is 1.62. The van der Waals surface area contributed by atoms with Crippen molar-refractivity contribution in [3.05, 3.63) is 35.3 Å². The second kappa shape index (κ2) is 9.86. The molecule has 2 N–H and O–H groups in total. The molecule has 0 amide bonds. The molecule has 0 radical (unpaired) electrons. The first-order valence-electron chi connectivity index (χ1n) is 8.38. The van der Waals surface area contributed by atoms with Gasteiger partial charge in [0, 0.05) is 32.6 Å². The van der Waals surface area contributed by atoms with Gasteiger partial charge in [-0.15, -0.1) is 11.3 Å². The number of aromatic nitrogens is 1. The summed E-state index contributed by atoms with van der Waals surface area (Å²) < 4.78 is 11.1. The zero-order valence-corrected chi connectivity index (χ0v) is 16.8. The van der Waals surface area contributed by atoms with Gasteiger partial charge >= 0.3 is 0 Å². The summed E-state index contributed by atoms with van der Waals surface area (Å²) in [6.07, 6.45) is -0.0275. The van der Waals surface area contributed by atoms with Gasteiger partial charge in [0.25, 0.3) is 0 Å². The molecule has 8 heteroatoms. The fraction of sp³-hybridized carbons (Fsp3) is 0.444. The topological polar surface area (TPSA) is 71.0 Å². The van der Waals surface area contributed by atoms with E-state index >= 15 is 0 Å². The number of ether oxygens (including phenoxy) is 2. The number of rotatable bonds is 8. The number of nitrogens with zero attached hydrogens (tertiary/aromatic N) is 3. The summed E-state index contributed by atoms with van der Waals surface area (Å²) in [6, 6.07) is 7.58. The van der Waals surface area contributed by atoms with Gasteiger partial charge in [0.2, 0.25) is 0 Å². The Morgan fingerprint density at radius 3 is 2.73 bits per heavy atom. The van der Waals surface area contributed by atoms with Crippen LogP contribution in [0.3, 0.4) is 0 Å². The van der Waals surface area contributed by atoms with E-state index in [-0.39, 0.29) is 6.10 Å². The van der Waals surface area contributed by atoms with Gasteiger partial charge in [-0.3, -0.25) is 4.99 Å². The van der Waals surface area contributed by atoms with E-state index in [9.17, 15) is 0 Å². The largest absolute Gasteiger partial charge is 0.497 e. The number of aliphatic imine (C=N–C) groups is 1. The predicted octanol–water partition coefficient (Wildman–Crippen LogP) is 2.35. The Kier molecular flexibility index (Phi) is 7.53. The minimum atomic E-state index is -0.0275. The van der Waals surface area contributed by atoms with Crippen LogP contribution >= 0.6 is 11.3 Å². The lowest BCUT2D eigenvalue weighted by molar-refractivity contribution is 0.223. The van der Waals surface area contributed by atoms with Gasteiger partial charge in [0.15, 0.2) is 11.1 Å². The number of methoxy groups -OCH3 is 1. The first-order valence-corrected chi connectivity index (χ1v) is 9.26. The van der Waals surface area contributed by atoms with Crippen LogP contribution in [0.5, 0.6) is 11.5 Å². The maximum Gasteiger partial charge on any atom is 0.191 e. The quantitative estimate of drug-likeness (QED) is 0.544. The molecule has 1 atom stereocenters. The lowest BCUT2D eigenvalue weighted by Crippen LogP contribution is -2.41. The summed E-state index contributed by atoms with van der Waals surface area (Å²) in [5.74, 6) is 2.27. The third-order valence-corrected chi connectivity index (χ3v) is 4.58. The number of thiazole rings is 1. The molecule has 0 fully saturated rings. The third kappa shape index (κ3) is 6.11. The smallest absolute Gasteiger partial charge is 0.191 e. The highest BCUT2D eigenvalue weighted by Crippen LogP contribution is 2.20. The normalized spacial score (nSPS) is 12.4. The van der Waals surface area contributed by atoms with Gasteiger partial charge < -0.3 is 25.0 Å². The van der Waals surface area contributed by atoms with Crippen LogP contribution in [0.1, 0.15) is 12.6 Å². The first kappa shape index (κ1) is 19.8. The minimum absolute atomic E-state index is 0.0275. The van der Waals surface area contributed by atoms with Crippen molar-refractivity contribution < 1.29 is 9.47 Å². The molecule has 0 aliphatic heterocycles. The molecule has 0 aliphatic rings. The highest BCUT2D eigenvalue weighted by Gasteiger charge is 2.08. The summed E-state index contributed by atoms with van der Waals surface area (Å²) in [6.45, 7) is 3.25. The second-order valence-electron chi connectivity index (χ2n) is 5.93. The zero-order valence-electron chi connectivity index (χ0n) is 15.9. The van der Waals surface area contributed by atoms with Gasteiger partial charge in [0.05, 0.1) is 25.9 Å². The van der Waals surface area contributed by atoms with E-state index in [1.54, 1.807) is 25.5 Å². The summed E-state index contributed by atoms with van der Waals surface area (Å²) in [5, 5.41) is 9.57. The van der Waals surface area contributed by atoms with Crippen LogP contribution in [0.4, 0.5) is 5.13 Å². The van der Waals surface area contributed by atoms with Crippen molar-refractivity contribution in [3.8, 4) is 11.5 Å². The highest BCUT2D eigenvalue weighted by atomic mass is 32.1. The van der Waals surface area contributed by atoms with Crippen molar-refractivity contribution >= 4 is 22.4 Å². The zero-order chi connectivity index (χ0) is 18.9. The van der Waals surface area contributed by atoms with Crippen molar-refractivity contribution in [1.29, 1.82) is 0 Å². The first-order chi connectivity index (χ1) is 12.5. The molecule has 7 nitrogen and oxygen atoms in total. The molecule has 142 valence electrons. The van der Waals surface area contributed by atoms with Gasteiger partial charge in [-0.25, -0.2) is 4.98 Å². The average molecular weight is 378 g/mol. The number of hydrogen-bond donors (Lipinski definition) is 2. The number of guanidine groups is 1. The lowest BCUT2D eigenvalue weighted by Gasteiger charge is -2.18. The molecule has 1 heterocycles. The van der Waals surface area contributed by atoms with E-state index in [1.807, 2.05) is 55.6 Å². The fourth-order valence-corrected chi connectivity index (χ4v) is 2.92. The Morgan fingerprint density at radius 2 is 2.08 bits per heavy atom. The van der Waals surface area contributed by atoms with E-state index in [2.05, 4.69) is 20.6 Å². The molecule has 0 saturated carbocycles. The van der Waals surface area contributed by atoms with Crippen LogP contribution in [-0.2, 0) is 6.54 Å². The van der Waals surface area contributed by atoms with Gasteiger partial charge in [0.1, 0.15) is 17.6 Å². The summed E-state index contributed by atoms with van der Waals surface area (Å²) in [7, 11) is 7.36. The van der Waals surface area contributed by atoms with Gasteiger partial charge in [-0.2, -0.15) is 0 Å². The Morgan fingerprint density at radius 1 is 1.31 bits per heavy atom. The molecular formula is C18H27N5O2S. The molecule has 1 aromatic carbocycles. The highest BCUT2D eigenvalue weighted by molar-refractivity contribution is 7.13. The van der Waals surface area contributed by atoms with E-state index in [0.29, 0.717) is 19.0 Å². The molecule has 0 saturated heterocycles. The van der Waals surface area contributed by atoms with Crippen molar-refractivity contribution in [2.24, 2.45) is 4.99 Å². The molecule has 26 heavy (non-hydrogen) atoms. The van der Waals surface area contributed by atoms with Crippen molar-refractivity contribution in [2.75, 3.05) is 39.7 Å². The van der Waals surface area contributed by atoms with Crippen molar-refractivity contribution in [2.45, 2.75) is 19.6 Å². The third-order valence-electron chi connectivity index (χ3n) is 3.52. The Hall–Kier alpha value is -2.48. The van der Waals surface area contributed by atoms with Crippen LogP contribution in [-0.4, -0.2) is 51.8 Å². The maximum atomic E-state index is 5.90.